The summed E-state index contributed by atoms with van der Waals surface area (Å²) in [7, 11) is 0. The molecule has 0 atom stereocenters. The van der Waals surface area contributed by atoms with Gasteiger partial charge in [0.25, 0.3) is 0 Å². The van der Waals surface area contributed by atoms with Gasteiger partial charge in [0.05, 0.1) is 5.69 Å². The van der Waals surface area contributed by atoms with Crippen LogP contribution in [-0.2, 0) is 5.75 Å². The summed E-state index contributed by atoms with van der Waals surface area (Å²) in [6.45, 7) is 2.11. The number of nitrogen functional groups attached to an aromatic ring is 1. The molecule has 1 aromatic carbocycles. The highest BCUT2D eigenvalue weighted by atomic mass is 32.2. The van der Waals surface area contributed by atoms with E-state index in [1.165, 1.54) is 22.5 Å². The van der Waals surface area contributed by atoms with E-state index in [-0.39, 0.29) is 0 Å². The second-order valence-corrected chi connectivity index (χ2v) is 7.24. The number of nitrogens with zero attached hydrogens (tertiary/aromatic N) is 3. The molecule has 20 heavy (non-hydrogen) atoms. The average Bonchev–Trinajstić information content (AvgIpc) is 3.06. The lowest BCUT2D eigenvalue weighted by Gasteiger charge is -2.00. The fraction of sp³-hybridized carbons (Fsp3) is 0.154. The number of hydrogen-bond acceptors (Lipinski definition) is 7. The molecule has 0 aliphatic heterocycles. The van der Waals surface area contributed by atoms with E-state index in [0.29, 0.717) is 5.13 Å². The molecule has 0 amide bonds. The minimum absolute atomic E-state index is 0.506. The molecule has 7 heteroatoms. The van der Waals surface area contributed by atoms with Crippen LogP contribution in [0, 0.1) is 6.92 Å². The van der Waals surface area contributed by atoms with Gasteiger partial charge in [-0.25, -0.2) is 4.98 Å². The topological polar surface area (TPSA) is 64.7 Å². The Morgan fingerprint density at radius 1 is 1.25 bits per heavy atom. The molecule has 2 heterocycles. The molecule has 2 aromatic heterocycles. The predicted octanol–water partition coefficient (Wildman–Crippen LogP) is 3.84. The van der Waals surface area contributed by atoms with Crippen molar-refractivity contribution < 1.29 is 0 Å². The second kappa shape index (κ2) is 5.90. The lowest BCUT2D eigenvalue weighted by molar-refractivity contribution is 1.02. The Hall–Kier alpha value is -1.44. The van der Waals surface area contributed by atoms with E-state index < -0.39 is 0 Å². The third-order valence-electron chi connectivity index (χ3n) is 2.69. The van der Waals surface area contributed by atoms with E-state index >= 15 is 0 Å². The number of thioether (sulfide) groups is 1. The van der Waals surface area contributed by atoms with E-state index in [9.17, 15) is 0 Å². The van der Waals surface area contributed by atoms with E-state index in [2.05, 4.69) is 39.6 Å². The smallest absolute Gasteiger partial charge is 0.203 e. The van der Waals surface area contributed by atoms with Gasteiger partial charge in [0.15, 0.2) is 4.34 Å². The fourth-order valence-corrected chi connectivity index (χ4v) is 4.27. The van der Waals surface area contributed by atoms with Crippen molar-refractivity contribution in [1.82, 2.24) is 15.2 Å². The number of thiazole rings is 1. The van der Waals surface area contributed by atoms with Gasteiger partial charge in [0, 0.05) is 16.7 Å². The molecule has 0 spiro atoms. The van der Waals surface area contributed by atoms with Crippen LogP contribution in [0.15, 0.2) is 34.0 Å². The van der Waals surface area contributed by atoms with E-state index in [1.807, 2.05) is 12.1 Å². The van der Waals surface area contributed by atoms with Gasteiger partial charge < -0.3 is 5.73 Å². The molecule has 102 valence electrons. The van der Waals surface area contributed by atoms with Gasteiger partial charge in [0.1, 0.15) is 5.01 Å². The predicted molar refractivity (Wildman–Crippen MR) is 86.2 cm³/mol. The molecule has 0 bridgehead atoms. The first kappa shape index (κ1) is 13.5. The van der Waals surface area contributed by atoms with E-state index in [1.54, 1.807) is 23.1 Å². The van der Waals surface area contributed by atoms with E-state index in [0.717, 1.165) is 20.8 Å². The summed E-state index contributed by atoms with van der Waals surface area (Å²) < 4.78 is 0.882. The minimum Gasteiger partial charge on any atom is -0.374 e. The summed E-state index contributed by atoms with van der Waals surface area (Å²) in [5, 5.41) is 11.5. The lowest BCUT2D eigenvalue weighted by Crippen LogP contribution is -1.84. The average molecular weight is 320 g/mol. The van der Waals surface area contributed by atoms with Crippen LogP contribution in [0.4, 0.5) is 5.13 Å². The number of aryl methyl sites for hydroxylation is 1. The van der Waals surface area contributed by atoms with Gasteiger partial charge in [0.2, 0.25) is 5.13 Å². The van der Waals surface area contributed by atoms with Crippen molar-refractivity contribution >= 4 is 39.6 Å². The Labute approximate surface area is 129 Å². The number of hydrogen-bond donors (Lipinski definition) is 1. The minimum atomic E-state index is 0.506. The third kappa shape index (κ3) is 3.00. The molecular weight excluding hydrogens is 308 g/mol. The summed E-state index contributed by atoms with van der Waals surface area (Å²) in [5.74, 6) is 0.789. The van der Waals surface area contributed by atoms with Crippen molar-refractivity contribution in [3.63, 3.8) is 0 Å². The zero-order valence-electron chi connectivity index (χ0n) is 10.7. The van der Waals surface area contributed by atoms with Crippen molar-refractivity contribution in [3.8, 4) is 10.6 Å². The Bertz CT molecular complexity index is 720. The van der Waals surface area contributed by atoms with Crippen molar-refractivity contribution in [2.75, 3.05) is 5.73 Å². The maximum absolute atomic E-state index is 5.56. The summed E-state index contributed by atoms with van der Waals surface area (Å²) in [6.07, 6.45) is 0. The Morgan fingerprint density at radius 3 is 2.85 bits per heavy atom. The highest BCUT2D eigenvalue weighted by molar-refractivity contribution is 8.00. The maximum Gasteiger partial charge on any atom is 0.203 e. The highest BCUT2D eigenvalue weighted by Gasteiger charge is 2.08. The Morgan fingerprint density at radius 2 is 2.10 bits per heavy atom. The molecule has 0 unspecified atom stereocenters. The largest absolute Gasteiger partial charge is 0.374 e. The summed E-state index contributed by atoms with van der Waals surface area (Å²) in [6, 6.07) is 8.30. The highest BCUT2D eigenvalue weighted by Crippen LogP contribution is 2.30. The molecule has 0 fully saturated rings. The molecule has 0 saturated heterocycles. The maximum atomic E-state index is 5.56. The van der Waals surface area contributed by atoms with Crippen LogP contribution in [0.25, 0.3) is 10.6 Å². The SMILES string of the molecule is Cc1ccccc1-c1nc(CSc2nnc(N)s2)cs1. The zero-order valence-corrected chi connectivity index (χ0v) is 13.2. The summed E-state index contributed by atoms with van der Waals surface area (Å²) in [5.41, 5.74) is 9.08. The first-order valence-electron chi connectivity index (χ1n) is 5.94. The van der Waals surface area contributed by atoms with E-state index in [4.69, 9.17) is 5.73 Å². The standard InChI is InChI=1S/C13H12N4S3/c1-8-4-2-3-5-10(8)11-15-9(6-18-11)7-19-13-17-16-12(14)20-13/h2-6H,7H2,1H3,(H2,14,16). The van der Waals surface area contributed by atoms with Gasteiger partial charge in [-0.1, -0.05) is 47.4 Å². The van der Waals surface area contributed by atoms with Crippen LogP contribution in [0.5, 0.6) is 0 Å². The van der Waals surface area contributed by atoms with Gasteiger partial charge in [-0.15, -0.1) is 21.5 Å². The third-order valence-corrected chi connectivity index (χ3v) is 5.54. The number of nitrogens with two attached hydrogens (primary N) is 1. The molecule has 0 radical (unpaired) electrons. The van der Waals surface area contributed by atoms with Crippen molar-refractivity contribution in [1.29, 1.82) is 0 Å². The van der Waals surface area contributed by atoms with Gasteiger partial charge in [-0.05, 0) is 12.5 Å². The molecule has 2 N–H and O–H groups in total. The van der Waals surface area contributed by atoms with Crippen LogP contribution in [0.1, 0.15) is 11.3 Å². The molecule has 3 rings (SSSR count). The molecule has 3 aromatic rings. The van der Waals surface area contributed by atoms with Crippen molar-refractivity contribution in [3.05, 3.63) is 40.9 Å². The molecule has 0 saturated carbocycles. The van der Waals surface area contributed by atoms with Crippen molar-refractivity contribution in [2.45, 2.75) is 17.0 Å². The number of aromatic nitrogens is 3. The fourth-order valence-electron chi connectivity index (χ4n) is 1.72. The van der Waals surface area contributed by atoms with Gasteiger partial charge in [-0.2, -0.15) is 0 Å². The van der Waals surface area contributed by atoms with Crippen LogP contribution in [-0.4, -0.2) is 15.2 Å². The first-order valence-corrected chi connectivity index (χ1v) is 8.63. The van der Waals surface area contributed by atoms with Crippen molar-refractivity contribution in [2.24, 2.45) is 0 Å². The van der Waals surface area contributed by atoms with Crippen LogP contribution >= 0.6 is 34.4 Å². The second-order valence-electron chi connectivity index (χ2n) is 4.15. The first-order chi connectivity index (χ1) is 9.72. The molecule has 0 aliphatic carbocycles. The number of anilines is 1. The van der Waals surface area contributed by atoms with Crippen LogP contribution in [0.2, 0.25) is 0 Å². The van der Waals surface area contributed by atoms with Crippen LogP contribution < -0.4 is 5.73 Å². The Balaban J connectivity index is 1.72. The quantitative estimate of drug-likeness (QED) is 0.740. The Kier molecular flexibility index (Phi) is 4.00. The van der Waals surface area contributed by atoms with Crippen LogP contribution in [0.3, 0.4) is 0 Å². The van der Waals surface area contributed by atoms with Gasteiger partial charge in [-0.3, -0.25) is 0 Å². The summed E-state index contributed by atoms with van der Waals surface area (Å²) in [4.78, 5) is 4.69. The zero-order chi connectivity index (χ0) is 13.9. The lowest BCUT2D eigenvalue weighted by atomic mass is 10.1. The summed E-state index contributed by atoms with van der Waals surface area (Å²) >= 11 is 4.70. The monoisotopic (exact) mass is 320 g/mol. The molecular formula is C13H12N4S3. The molecule has 0 aliphatic rings. The van der Waals surface area contributed by atoms with Gasteiger partial charge >= 0.3 is 0 Å². The normalized spacial score (nSPS) is 10.8. The number of rotatable bonds is 4. The molecule has 4 nitrogen and oxygen atoms in total. The number of benzene rings is 1.